The van der Waals surface area contributed by atoms with Crippen LogP contribution in [0.3, 0.4) is 0 Å². The van der Waals surface area contributed by atoms with Crippen LogP contribution < -0.4 is 5.32 Å². The first-order valence-corrected chi connectivity index (χ1v) is 8.67. The maximum absolute atomic E-state index is 8.76. The molecule has 2 heteroatoms. The molecule has 0 saturated heterocycles. The van der Waals surface area contributed by atoms with Crippen LogP contribution in [0.4, 0.5) is 0 Å². The molecule has 126 valence electrons. The second-order valence-electron chi connectivity index (χ2n) is 6.14. The van der Waals surface area contributed by atoms with Gasteiger partial charge in [-0.2, -0.15) is 0 Å². The van der Waals surface area contributed by atoms with Crippen molar-refractivity contribution in [3.05, 3.63) is 83.4 Å². The Labute approximate surface area is 149 Å². The van der Waals surface area contributed by atoms with Crippen LogP contribution in [0.15, 0.2) is 66.7 Å². The lowest BCUT2D eigenvalue weighted by molar-refractivity contribution is 0.305. The first-order valence-electron chi connectivity index (χ1n) is 8.67. The quantitative estimate of drug-likeness (QED) is 0.679. The van der Waals surface area contributed by atoms with Gasteiger partial charge < -0.3 is 10.4 Å². The molecular weight excluding hydrogens is 306 g/mol. The fourth-order valence-electron chi connectivity index (χ4n) is 2.94. The van der Waals surface area contributed by atoms with Gasteiger partial charge in [-0.15, -0.1) is 0 Å². The Morgan fingerprint density at radius 1 is 0.960 bits per heavy atom. The smallest absolute Gasteiger partial charge is 0.0540 e. The number of fused-ring (bicyclic) bond motifs is 1. The molecule has 0 fully saturated rings. The third-order valence-electron chi connectivity index (χ3n) is 4.33. The molecule has 3 aromatic rings. The highest BCUT2D eigenvalue weighted by Gasteiger charge is 2.08. The lowest BCUT2D eigenvalue weighted by Gasteiger charge is -2.17. The van der Waals surface area contributed by atoms with Crippen molar-refractivity contribution >= 4 is 10.8 Å². The summed E-state index contributed by atoms with van der Waals surface area (Å²) < 4.78 is 0. The zero-order valence-electron chi connectivity index (χ0n) is 14.5. The first-order chi connectivity index (χ1) is 12.3. The SMILES string of the molecule is CC(NCc1ccc(C#CCCO)cc1)c1cccc2ccccc12. The Bertz CT molecular complexity index is 882. The van der Waals surface area contributed by atoms with E-state index in [9.17, 15) is 0 Å². The lowest BCUT2D eigenvalue weighted by atomic mass is 9.99. The van der Waals surface area contributed by atoms with Gasteiger partial charge in [-0.05, 0) is 41.0 Å². The molecule has 2 N–H and O–H groups in total. The average Bonchev–Trinajstić information content (AvgIpc) is 2.67. The summed E-state index contributed by atoms with van der Waals surface area (Å²) in [5.41, 5.74) is 3.55. The van der Waals surface area contributed by atoms with Gasteiger partial charge in [0.15, 0.2) is 0 Å². The summed E-state index contributed by atoms with van der Waals surface area (Å²) >= 11 is 0. The summed E-state index contributed by atoms with van der Waals surface area (Å²) in [7, 11) is 0. The third-order valence-corrected chi connectivity index (χ3v) is 4.33. The molecule has 0 bridgehead atoms. The monoisotopic (exact) mass is 329 g/mol. The summed E-state index contributed by atoms with van der Waals surface area (Å²) in [5, 5.41) is 15.0. The summed E-state index contributed by atoms with van der Waals surface area (Å²) in [5.74, 6) is 6.00. The van der Waals surface area contributed by atoms with Crippen molar-refractivity contribution in [3.8, 4) is 11.8 Å². The van der Waals surface area contributed by atoms with E-state index >= 15 is 0 Å². The van der Waals surface area contributed by atoms with Crippen LogP contribution in [0, 0.1) is 11.8 Å². The van der Waals surface area contributed by atoms with Crippen LogP contribution in [-0.4, -0.2) is 11.7 Å². The van der Waals surface area contributed by atoms with E-state index < -0.39 is 0 Å². The van der Waals surface area contributed by atoms with Crippen LogP contribution >= 0.6 is 0 Å². The minimum absolute atomic E-state index is 0.112. The molecule has 1 unspecified atom stereocenters. The predicted molar refractivity (Wildman–Crippen MR) is 104 cm³/mol. The molecule has 3 rings (SSSR count). The molecule has 0 radical (unpaired) electrons. The fraction of sp³-hybridized carbons (Fsp3) is 0.217. The molecule has 2 nitrogen and oxygen atoms in total. The van der Waals surface area contributed by atoms with E-state index in [0.29, 0.717) is 6.42 Å². The van der Waals surface area contributed by atoms with E-state index in [4.69, 9.17) is 5.11 Å². The van der Waals surface area contributed by atoms with Crippen molar-refractivity contribution in [1.29, 1.82) is 0 Å². The van der Waals surface area contributed by atoms with Crippen molar-refractivity contribution in [2.45, 2.75) is 25.9 Å². The second-order valence-corrected chi connectivity index (χ2v) is 6.14. The number of hydrogen-bond acceptors (Lipinski definition) is 2. The maximum atomic E-state index is 8.76. The van der Waals surface area contributed by atoms with Gasteiger partial charge in [-0.25, -0.2) is 0 Å². The number of hydrogen-bond donors (Lipinski definition) is 2. The van der Waals surface area contributed by atoms with Crippen molar-refractivity contribution in [1.82, 2.24) is 5.32 Å². The van der Waals surface area contributed by atoms with Crippen molar-refractivity contribution < 1.29 is 5.11 Å². The van der Waals surface area contributed by atoms with Gasteiger partial charge in [0.1, 0.15) is 0 Å². The molecule has 1 atom stereocenters. The fourth-order valence-corrected chi connectivity index (χ4v) is 2.94. The highest BCUT2D eigenvalue weighted by molar-refractivity contribution is 5.86. The van der Waals surface area contributed by atoms with Crippen LogP contribution in [0.2, 0.25) is 0 Å². The molecule has 0 aliphatic heterocycles. The number of benzene rings is 3. The van der Waals surface area contributed by atoms with Crippen molar-refractivity contribution in [2.75, 3.05) is 6.61 Å². The molecule has 0 heterocycles. The number of rotatable bonds is 5. The molecule has 0 aliphatic carbocycles. The molecule has 0 spiro atoms. The van der Waals surface area contributed by atoms with Crippen LogP contribution in [-0.2, 0) is 6.54 Å². The third kappa shape index (κ3) is 4.48. The normalized spacial score (nSPS) is 11.8. The zero-order valence-corrected chi connectivity index (χ0v) is 14.5. The summed E-state index contributed by atoms with van der Waals surface area (Å²) in [6.07, 6.45) is 0.520. The Kier molecular flexibility index (Phi) is 5.85. The molecule has 3 aromatic carbocycles. The molecule has 0 aliphatic rings. The predicted octanol–water partition coefficient (Wildman–Crippen LogP) is 4.42. The largest absolute Gasteiger partial charge is 0.395 e. The summed E-state index contributed by atoms with van der Waals surface area (Å²) in [4.78, 5) is 0. The molecule has 0 amide bonds. The summed E-state index contributed by atoms with van der Waals surface area (Å²) in [6, 6.07) is 23.5. The Morgan fingerprint density at radius 2 is 1.72 bits per heavy atom. The standard InChI is InChI=1S/C23H23NO/c1-18(22-11-6-9-21-8-2-3-10-23(21)22)24-17-20-14-12-19(13-15-20)7-4-5-16-25/h2-3,6,8-15,18,24-25H,5,16-17H2,1H3. The maximum Gasteiger partial charge on any atom is 0.0540 e. The zero-order chi connectivity index (χ0) is 17.5. The number of aliphatic hydroxyl groups is 1. The highest BCUT2D eigenvalue weighted by Crippen LogP contribution is 2.24. The summed E-state index contributed by atoms with van der Waals surface area (Å²) in [6.45, 7) is 3.13. The number of nitrogens with one attached hydrogen (secondary N) is 1. The minimum Gasteiger partial charge on any atom is -0.395 e. The van der Waals surface area contributed by atoms with E-state index in [1.54, 1.807) is 0 Å². The second kappa shape index (κ2) is 8.48. The lowest BCUT2D eigenvalue weighted by Crippen LogP contribution is -2.18. The van der Waals surface area contributed by atoms with Crippen molar-refractivity contribution in [3.63, 3.8) is 0 Å². The Balaban J connectivity index is 1.66. The van der Waals surface area contributed by atoms with Crippen LogP contribution in [0.1, 0.15) is 36.1 Å². The van der Waals surface area contributed by atoms with Gasteiger partial charge in [-0.3, -0.25) is 0 Å². The average molecular weight is 329 g/mol. The van der Waals surface area contributed by atoms with Gasteiger partial charge in [0, 0.05) is 24.6 Å². The minimum atomic E-state index is 0.112. The van der Waals surface area contributed by atoms with Gasteiger partial charge in [0.2, 0.25) is 0 Å². The first kappa shape index (κ1) is 17.2. The van der Waals surface area contributed by atoms with Crippen LogP contribution in [0.25, 0.3) is 10.8 Å². The van der Waals surface area contributed by atoms with Gasteiger partial charge in [-0.1, -0.05) is 66.4 Å². The van der Waals surface area contributed by atoms with E-state index in [0.717, 1.165) is 12.1 Å². The van der Waals surface area contributed by atoms with Crippen molar-refractivity contribution in [2.24, 2.45) is 0 Å². The molecule has 0 saturated carbocycles. The Morgan fingerprint density at radius 3 is 2.52 bits per heavy atom. The van der Waals surface area contributed by atoms with Gasteiger partial charge in [0.05, 0.1) is 6.61 Å². The molecule has 0 aromatic heterocycles. The highest BCUT2D eigenvalue weighted by atomic mass is 16.2. The molecular formula is C23H23NO. The van der Waals surface area contributed by atoms with E-state index in [1.165, 1.54) is 21.9 Å². The van der Waals surface area contributed by atoms with Gasteiger partial charge in [0.25, 0.3) is 0 Å². The van der Waals surface area contributed by atoms with E-state index in [-0.39, 0.29) is 12.6 Å². The topological polar surface area (TPSA) is 32.3 Å². The Hall–Kier alpha value is -2.60. The number of aliphatic hydroxyl groups excluding tert-OH is 1. The van der Waals surface area contributed by atoms with Crippen LogP contribution in [0.5, 0.6) is 0 Å². The van der Waals surface area contributed by atoms with Gasteiger partial charge >= 0.3 is 0 Å². The molecule has 25 heavy (non-hydrogen) atoms. The van der Waals surface area contributed by atoms with E-state index in [2.05, 4.69) is 78.7 Å². The van der Waals surface area contributed by atoms with E-state index in [1.807, 2.05) is 12.1 Å².